The zero-order valence-electron chi connectivity index (χ0n) is 14.4. The fourth-order valence-electron chi connectivity index (χ4n) is 2.96. The Hall–Kier alpha value is -1.36. The van der Waals surface area contributed by atoms with E-state index in [1.54, 1.807) is 0 Å². The van der Waals surface area contributed by atoms with Crippen molar-refractivity contribution in [2.45, 2.75) is 46.1 Å². The van der Waals surface area contributed by atoms with E-state index in [0.29, 0.717) is 17.8 Å². The molecule has 0 saturated carbocycles. The number of anilines is 2. The van der Waals surface area contributed by atoms with Gasteiger partial charge in [-0.25, -0.2) is 9.97 Å². The van der Waals surface area contributed by atoms with Crippen LogP contribution >= 0.6 is 0 Å². The molecule has 1 aromatic rings. The van der Waals surface area contributed by atoms with E-state index in [1.807, 2.05) is 6.92 Å². The normalized spacial score (nSPS) is 23.1. The molecule has 0 radical (unpaired) electrons. The lowest BCUT2D eigenvalue weighted by Crippen LogP contribution is -2.34. The fraction of sp³-hybridized carbons (Fsp3) is 0.750. The van der Waals surface area contributed by atoms with Crippen LogP contribution in [-0.2, 0) is 5.41 Å². The molecule has 0 aromatic carbocycles. The van der Waals surface area contributed by atoms with Crippen molar-refractivity contribution in [1.82, 2.24) is 14.9 Å². The van der Waals surface area contributed by atoms with Crippen LogP contribution in [0, 0.1) is 12.8 Å². The molecule has 1 saturated heterocycles. The van der Waals surface area contributed by atoms with Gasteiger partial charge in [0.2, 0.25) is 0 Å². The zero-order valence-corrected chi connectivity index (χ0v) is 14.4. The first-order chi connectivity index (χ1) is 9.61. The number of likely N-dealkylation sites (N-methyl/N-ethyl adjacent to an activating group) is 1. The van der Waals surface area contributed by atoms with Gasteiger partial charge in [-0.2, -0.15) is 0 Å². The van der Waals surface area contributed by atoms with Gasteiger partial charge in [0.15, 0.2) is 0 Å². The molecule has 0 spiro atoms. The predicted molar refractivity (Wildman–Crippen MR) is 88.7 cm³/mol. The van der Waals surface area contributed by atoms with Gasteiger partial charge in [-0.3, -0.25) is 0 Å². The number of hydrogen-bond acceptors (Lipinski definition) is 5. The molecule has 1 aliphatic rings. The van der Waals surface area contributed by atoms with Crippen LogP contribution in [0.1, 0.15) is 39.1 Å². The lowest BCUT2D eigenvalue weighted by atomic mass is 9.95. The Balaban J connectivity index is 2.38. The first-order valence-corrected chi connectivity index (χ1v) is 7.67. The fourth-order valence-corrected chi connectivity index (χ4v) is 2.96. The van der Waals surface area contributed by atoms with Crippen molar-refractivity contribution in [3.63, 3.8) is 0 Å². The molecule has 5 heteroatoms. The van der Waals surface area contributed by atoms with E-state index in [1.165, 1.54) is 0 Å². The summed E-state index contributed by atoms with van der Waals surface area (Å²) in [6.07, 6.45) is 0. The topological polar surface area (TPSA) is 58.3 Å². The molecule has 2 rings (SSSR count). The van der Waals surface area contributed by atoms with Gasteiger partial charge in [-0.05, 0) is 26.9 Å². The maximum atomic E-state index is 6.13. The number of hydrogen-bond donors (Lipinski definition) is 1. The monoisotopic (exact) mass is 291 g/mol. The molecule has 0 bridgehead atoms. The molecule has 2 N–H and O–H groups in total. The standard InChI is InChI=1S/C16H29N5/c1-10-8-21(9-12(10)20(6)7)14-11(2)13(17)18-15(19-14)16(3,4)5/h10,12H,8-9H2,1-7H3,(H2,17,18,19). The third-order valence-corrected chi connectivity index (χ3v) is 4.36. The van der Waals surface area contributed by atoms with Gasteiger partial charge < -0.3 is 15.5 Å². The van der Waals surface area contributed by atoms with Crippen LogP contribution in [0.4, 0.5) is 11.6 Å². The number of nitrogen functional groups attached to an aromatic ring is 1. The minimum absolute atomic E-state index is 0.0944. The van der Waals surface area contributed by atoms with Crippen molar-refractivity contribution in [3.05, 3.63) is 11.4 Å². The highest BCUT2D eigenvalue weighted by atomic mass is 15.3. The molecule has 0 aliphatic carbocycles. The second kappa shape index (κ2) is 5.44. The van der Waals surface area contributed by atoms with Crippen LogP contribution in [0.2, 0.25) is 0 Å². The molecule has 1 aromatic heterocycles. The van der Waals surface area contributed by atoms with E-state index in [0.717, 1.165) is 30.3 Å². The van der Waals surface area contributed by atoms with Crippen molar-refractivity contribution in [2.24, 2.45) is 5.92 Å². The SMILES string of the molecule is Cc1c(N)nc(C(C)(C)C)nc1N1CC(C)C(N(C)C)C1. The van der Waals surface area contributed by atoms with Crippen molar-refractivity contribution < 1.29 is 0 Å². The smallest absolute Gasteiger partial charge is 0.138 e. The van der Waals surface area contributed by atoms with E-state index in [9.17, 15) is 0 Å². The Morgan fingerprint density at radius 1 is 1.19 bits per heavy atom. The first-order valence-electron chi connectivity index (χ1n) is 7.67. The van der Waals surface area contributed by atoms with Crippen LogP contribution in [0.25, 0.3) is 0 Å². The predicted octanol–water partition coefficient (Wildman–Crippen LogP) is 2.05. The van der Waals surface area contributed by atoms with E-state index in [4.69, 9.17) is 10.7 Å². The van der Waals surface area contributed by atoms with Crippen LogP contribution in [0.15, 0.2) is 0 Å². The van der Waals surface area contributed by atoms with Crippen LogP contribution < -0.4 is 10.6 Å². The quantitative estimate of drug-likeness (QED) is 0.904. The van der Waals surface area contributed by atoms with Gasteiger partial charge >= 0.3 is 0 Å². The van der Waals surface area contributed by atoms with Crippen molar-refractivity contribution in [3.8, 4) is 0 Å². The second-order valence-electron chi connectivity index (χ2n) is 7.54. The maximum Gasteiger partial charge on any atom is 0.138 e. The average Bonchev–Trinajstić information content (AvgIpc) is 2.73. The van der Waals surface area contributed by atoms with Crippen molar-refractivity contribution >= 4 is 11.6 Å². The molecule has 2 heterocycles. The summed E-state index contributed by atoms with van der Waals surface area (Å²) in [4.78, 5) is 14.0. The number of nitrogens with zero attached hydrogens (tertiary/aromatic N) is 4. The minimum atomic E-state index is -0.0944. The van der Waals surface area contributed by atoms with E-state index >= 15 is 0 Å². The van der Waals surface area contributed by atoms with Crippen LogP contribution in [0.3, 0.4) is 0 Å². The van der Waals surface area contributed by atoms with E-state index in [2.05, 4.69) is 56.6 Å². The Morgan fingerprint density at radius 3 is 2.29 bits per heavy atom. The summed E-state index contributed by atoms with van der Waals surface area (Å²) in [6.45, 7) is 12.7. The second-order valence-corrected chi connectivity index (χ2v) is 7.54. The van der Waals surface area contributed by atoms with E-state index < -0.39 is 0 Å². The highest BCUT2D eigenvalue weighted by Crippen LogP contribution is 2.31. The number of nitrogens with two attached hydrogens (primary N) is 1. The summed E-state index contributed by atoms with van der Waals surface area (Å²) in [7, 11) is 4.29. The molecule has 118 valence electrons. The van der Waals surface area contributed by atoms with Gasteiger partial charge in [0.1, 0.15) is 17.5 Å². The summed E-state index contributed by atoms with van der Waals surface area (Å²) in [5.74, 6) is 3.05. The van der Waals surface area contributed by atoms with Gasteiger partial charge in [0.05, 0.1) is 0 Å². The highest BCUT2D eigenvalue weighted by molar-refractivity contribution is 5.57. The lowest BCUT2D eigenvalue weighted by molar-refractivity contribution is 0.266. The van der Waals surface area contributed by atoms with Gasteiger partial charge in [0, 0.05) is 30.1 Å². The summed E-state index contributed by atoms with van der Waals surface area (Å²) >= 11 is 0. The molecule has 5 nitrogen and oxygen atoms in total. The summed E-state index contributed by atoms with van der Waals surface area (Å²) in [5.41, 5.74) is 7.03. The zero-order chi connectivity index (χ0) is 15.9. The summed E-state index contributed by atoms with van der Waals surface area (Å²) in [5, 5.41) is 0. The molecular formula is C16H29N5. The van der Waals surface area contributed by atoms with Crippen molar-refractivity contribution in [2.75, 3.05) is 37.8 Å². The van der Waals surface area contributed by atoms with Gasteiger partial charge in [0.25, 0.3) is 0 Å². The van der Waals surface area contributed by atoms with E-state index in [-0.39, 0.29) is 5.41 Å². The summed E-state index contributed by atoms with van der Waals surface area (Å²) in [6, 6.07) is 0.554. The van der Waals surface area contributed by atoms with Gasteiger partial charge in [-0.15, -0.1) is 0 Å². The first kappa shape index (κ1) is 16.0. The third-order valence-electron chi connectivity index (χ3n) is 4.36. The molecular weight excluding hydrogens is 262 g/mol. The Morgan fingerprint density at radius 2 is 1.81 bits per heavy atom. The largest absolute Gasteiger partial charge is 0.383 e. The van der Waals surface area contributed by atoms with Crippen LogP contribution in [-0.4, -0.2) is 48.1 Å². The number of rotatable bonds is 2. The minimum Gasteiger partial charge on any atom is -0.383 e. The number of aromatic nitrogens is 2. The molecule has 2 unspecified atom stereocenters. The van der Waals surface area contributed by atoms with Crippen LogP contribution in [0.5, 0.6) is 0 Å². The molecule has 1 fully saturated rings. The van der Waals surface area contributed by atoms with Crippen molar-refractivity contribution in [1.29, 1.82) is 0 Å². The molecule has 21 heavy (non-hydrogen) atoms. The Labute approximate surface area is 128 Å². The highest BCUT2D eigenvalue weighted by Gasteiger charge is 2.33. The average molecular weight is 291 g/mol. The summed E-state index contributed by atoms with van der Waals surface area (Å²) < 4.78 is 0. The maximum absolute atomic E-state index is 6.13. The Kier molecular flexibility index (Phi) is 4.15. The van der Waals surface area contributed by atoms with Gasteiger partial charge in [-0.1, -0.05) is 27.7 Å². The Bertz CT molecular complexity index is 518. The molecule has 1 aliphatic heterocycles. The third kappa shape index (κ3) is 3.12. The lowest BCUT2D eigenvalue weighted by Gasteiger charge is -2.25. The molecule has 0 amide bonds. The molecule has 2 atom stereocenters.